The summed E-state index contributed by atoms with van der Waals surface area (Å²) in [5, 5.41) is 22.4. The van der Waals surface area contributed by atoms with Crippen LogP contribution >= 0.6 is 0 Å². The Hall–Kier alpha value is -2.67. The van der Waals surface area contributed by atoms with Crippen LogP contribution in [0.2, 0.25) is 0 Å². The molecule has 2 N–H and O–H groups in total. The lowest BCUT2D eigenvalue weighted by Crippen LogP contribution is -2.45. The number of hydrogen-bond acceptors (Lipinski definition) is 5. The number of aryl methyl sites for hydroxylation is 1. The molecule has 1 fully saturated rings. The number of hydrogen-bond donors (Lipinski definition) is 2. The van der Waals surface area contributed by atoms with Gasteiger partial charge in [-0.05, 0) is 70.0 Å². The predicted molar refractivity (Wildman–Crippen MR) is 108 cm³/mol. The minimum absolute atomic E-state index is 0.0806. The van der Waals surface area contributed by atoms with Crippen LogP contribution in [0.4, 0.5) is 10.3 Å². The van der Waals surface area contributed by atoms with E-state index < -0.39 is 5.82 Å². The van der Waals surface area contributed by atoms with Crippen LogP contribution in [0, 0.1) is 12.7 Å². The molecule has 1 saturated heterocycles. The van der Waals surface area contributed by atoms with Gasteiger partial charge in [0, 0.05) is 24.8 Å². The molecule has 0 radical (unpaired) electrons. The zero-order valence-electron chi connectivity index (χ0n) is 16.5. The number of likely N-dealkylation sites (tertiary alicyclic amines) is 1. The molecule has 6 nitrogen and oxygen atoms in total. The molecule has 0 bridgehead atoms. The lowest BCUT2D eigenvalue weighted by Gasteiger charge is -2.35. The Kier molecular flexibility index (Phi) is 4.93. The third-order valence-electron chi connectivity index (χ3n) is 5.43. The molecular weight excluding hydrogens is 357 g/mol. The molecule has 3 heterocycles. The van der Waals surface area contributed by atoms with E-state index >= 15 is 0 Å². The summed E-state index contributed by atoms with van der Waals surface area (Å²) in [5.41, 5.74) is 1.77. The number of benzene rings is 1. The Labute approximate surface area is 164 Å². The number of aromatic nitrogens is 3. The molecule has 3 aromatic rings. The molecular formula is C21H26FN5O. The fraction of sp³-hybridized carbons (Fsp3) is 0.429. The number of phenols is 1. The minimum atomic E-state index is -0.504. The smallest absolute Gasteiger partial charge is 0.228 e. The average Bonchev–Trinajstić information content (AvgIpc) is 3.13. The normalized spacial score (nSPS) is 18.1. The van der Waals surface area contributed by atoms with Gasteiger partial charge in [-0.2, -0.15) is 0 Å². The predicted octanol–water partition coefficient (Wildman–Crippen LogP) is 3.83. The molecule has 1 aromatic carbocycles. The van der Waals surface area contributed by atoms with Crippen molar-refractivity contribution in [3.8, 4) is 17.0 Å². The SMILES string of the molecule is Cc1cc(O)c(-c2nnc(N[C@@H]3CCCN(C(C)C)C3)n3cccc23)c(F)c1. The molecule has 0 unspecified atom stereocenters. The van der Waals surface area contributed by atoms with Crippen molar-refractivity contribution in [1.29, 1.82) is 0 Å². The second-order valence-electron chi connectivity index (χ2n) is 7.85. The van der Waals surface area contributed by atoms with E-state index in [-0.39, 0.29) is 17.4 Å². The first-order chi connectivity index (χ1) is 13.4. The van der Waals surface area contributed by atoms with E-state index in [1.54, 1.807) is 6.92 Å². The highest BCUT2D eigenvalue weighted by Gasteiger charge is 2.24. The molecule has 0 spiro atoms. The quantitative estimate of drug-likeness (QED) is 0.717. The summed E-state index contributed by atoms with van der Waals surface area (Å²) >= 11 is 0. The van der Waals surface area contributed by atoms with Gasteiger partial charge in [0.25, 0.3) is 0 Å². The molecule has 2 aromatic heterocycles. The van der Waals surface area contributed by atoms with E-state index in [2.05, 4.69) is 34.3 Å². The summed E-state index contributed by atoms with van der Waals surface area (Å²) in [6, 6.07) is 7.45. The minimum Gasteiger partial charge on any atom is -0.507 e. The average molecular weight is 383 g/mol. The second kappa shape index (κ2) is 7.39. The van der Waals surface area contributed by atoms with Crippen molar-refractivity contribution in [3.63, 3.8) is 0 Å². The fourth-order valence-corrected chi connectivity index (χ4v) is 3.97. The lowest BCUT2D eigenvalue weighted by atomic mass is 10.0. The fourth-order valence-electron chi connectivity index (χ4n) is 3.97. The van der Waals surface area contributed by atoms with Crippen molar-refractivity contribution < 1.29 is 9.50 Å². The van der Waals surface area contributed by atoms with Crippen LogP contribution in [-0.2, 0) is 0 Å². The van der Waals surface area contributed by atoms with E-state index in [9.17, 15) is 9.50 Å². The van der Waals surface area contributed by atoms with Gasteiger partial charge in [-0.1, -0.05) is 0 Å². The molecule has 1 aliphatic rings. The molecule has 1 atom stereocenters. The van der Waals surface area contributed by atoms with E-state index in [0.717, 1.165) is 25.9 Å². The van der Waals surface area contributed by atoms with Crippen LogP contribution in [-0.4, -0.2) is 49.8 Å². The molecule has 1 aliphatic heterocycles. The highest BCUT2D eigenvalue weighted by atomic mass is 19.1. The number of fused-ring (bicyclic) bond motifs is 1. The van der Waals surface area contributed by atoms with Gasteiger partial charge in [0.05, 0.1) is 11.1 Å². The highest BCUT2D eigenvalue weighted by Crippen LogP contribution is 2.34. The van der Waals surface area contributed by atoms with Crippen LogP contribution in [0.15, 0.2) is 30.5 Å². The summed E-state index contributed by atoms with van der Waals surface area (Å²) in [5.74, 6) is -0.00250. The van der Waals surface area contributed by atoms with Crippen molar-refractivity contribution in [3.05, 3.63) is 41.8 Å². The van der Waals surface area contributed by atoms with Crippen LogP contribution in [0.25, 0.3) is 16.8 Å². The maximum absolute atomic E-state index is 14.6. The summed E-state index contributed by atoms with van der Waals surface area (Å²) < 4.78 is 16.4. The number of halogens is 1. The van der Waals surface area contributed by atoms with Crippen LogP contribution in [0.1, 0.15) is 32.3 Å². The number of piperidine rings is 1. The number of nitrogens with zero attached hydrogens (tertiary/aromatic N) is 4. The van der Waals surface area contributed by atoms with Gasteiger partial charge in [0.2, 0.25) is 5.95 Å². The molecule has 0 saturated carbocycles. The topological polar surface area (TPSA) is 65.7 Å². The van der Waals surface area contributed by atoms with Gasteiger partial charge in [0.15, 0.2) is 0 Å². The first-order valence-electron chi connectivity index (χ1n) is 9.78. The molecule has 0 amide bonds. The van der Waals surface area contributed by atoms with Crippen LogP contribution in [0.3, 0.4) is 0 Å². The summed E-state index contributed by atoms with van der Waals surface area (Å²) in [7, 11) is 0. The first-order valence-corrected chi connectivity index (χ1v) is 9.78. The van der Waals surface area contributed by atoms with E-state index in [1.165, 1.54) is 12.1 Å². The van der Waals surface area contributed by atoms with Gasteiger partial charge in [0.1, 0.15) is 17.3 Å². The van der Waals surface area contributed by atoms with Crippen molar-refractivity contribution in [2.75, 3.05) is 18.4 Å². The molecule has 4 rings (SSSR count). The monoisotopic (exact) mass is 383 g/mol. The molecule has 28 heavy (non-hydrogen) atoms. The van der Waals surface area contributed by atoms with E-state index in [1.807, 2.05) is 22.7 Å². The van der Waals surface area contributed by atoms with Crippen molar-refractivity contribution in [2.45, 2.75) is 45.7 Å². The molecule has 0 aliphatic carbocycles. The third-order valence-corrected chi connectivity index (χ3v) is 5.43. The zero-order chi connectivity index (χ0) is 19.8. The Bertz CT molecular complexity index is 977. The number of phenolic OH excluding ortho intramolecular Hbond substituents is 1. The summed E-state index contributed by atoms with van der Waals surface area (Å²) in [6.45, 7) is 8.23. The Morgan fingerprint density at radius 1 is 1.29 bits per heavy atom. The van der Waals surface area contributed by atoms with Crippen molar-refractivity contribution in [2.24, 2.45) is 0 Å². The standard InChI is InChI=1S/C21H26FN5O/c1-13(2)26-8-4-6-15(12-26)23-21-25-24-20(17-7-5-9-27(17)21)19-16(22)10-14(3)11-18(19)28/h5,7,9-11,13,15,28H,4,6,8,12H2,1-3H3,(H,23,25)/t15-/m1/s1. The molecule has 7 heteroatoms. The van der Waals surface area contributed by atoms with E-state index in [4.69, 9.17) is 0 Å². The number of nitrogens with one attached hydrogen (secondary N) is 1. The second-order valence-corrected chi connectivity index (χ2v) is 7.85. The highest BCUT2D eigenvalue weighted by molar-refractivity contribution is 5.81. The Balaban J connectivity index is 1.69. The maximum Gasteiger partial charge on any atom is 0.228 e. The third kappa shape index (κ3) is 3.42. The van der Waals surface area contributed by atoms with Crippen molar-refractivity contribution in [1.82, 2.24) is 19.5 Å². The van der Waals surface area contributed by atoms with Crippen LogP contribution < -0.4 is 5.32 Å². The molecule has 148 valence electrons. The van der Waals surface area contributed by atoms with Crippen molar-refractivity contribution >= 4 is 11.5 Å². The number of anilines is 1. The van der Waals surface area contributed by atoms with Gasteiger partial charge in [-0.25, -0.2) is 4.39 Å². The Morgan fingerprint density at radius 2 is 2.11 bits per heavy atom. The zero-order valence-corrected chi connectivity index (χ0v) is 16.5. The first kappa shape index (κ1) is 18.7. The van der Waals surface area contributed by atoms with Gasteiger partial charge in [-0.15, -0.1) is 10.2 Å². The number of aromatic hydroxyl groups is 1. The number of rotatable bonds is 4. The van der Waals surface area contributed by atoms with Gasteiger partial charge >= 0.3 is 0 Å². The van der Waals surface area contributed by atoms with Gasteiger partial charge in [-0.3, -0.25) is 9.30 Å². The van der Waals surface area contributed by atoms with E-state index in [0.29, 0.717) is 28.8 Å². The summed E-state index contributed by atoms with van der Waals surface area (Å²) in [6.07, 6.45) is 4.09. The van der Waals surface area contributed by atoms with Gasteiger partial charge < -0.3 is 10.4 Å². The Morgan fingerprint density at radius 3 is 2.86 bits per heavy atom. The lowest BCUT2D eigenvalue weighted by molar-refractivity contribution is 0.174. The summed E-state index contributed by atoms with van der Waals surface area (Å²) in [4.78, 5) is 2.45. The maximum atomic E-state index is 14.6. The largest absolute Gasteiger partial charge is 0.507 e. The van der Waals surface area contributed by atoms with Crippen LogP contribution in [0.5, 0.6) is 5.75 Å².